The number of carbonyl (C=O) groups is 2. The predicted octanol–water partition coefficient (Wildman–Crippen LogP) is 4.33. The van der Waals surface area contributed by atoms with Crippen LogP contribution >= 0.6 is 0 Å². The van der Waals surface area contributed by atoms with Crippen molar-refractivity contribution in [2.45, 2.75) is 19.3 Å². The van der Waals surface area contributed by atoms with Crippen LogP contribution in [0.3, 0.4) is 0 Å². The second-order valence-electron chi connectivity index (χ2n) is 7.51. The summed E-state index contributed by atoms with van der Waals surface area (Å²) in [7, 11) is 0. The topological polar surface area (TPSA) is 82.5 Å². The van der Waals surface area contributed by atoms with Crippen LogP contribution in [-0.4, -0.2) is 35.1 Å². The maximum atomic E-state index is 12.6. The second kappa shape index (κ2) is 8.37. The molecule has 0 radical (unpaired) electrons. The lowest BCUT2D eigenvalue weighted by Crippen LogP contribution is -2.23. The minimum Gasteiger partial charge on any atom is -0.478 e. The molecule has 30 heavy (non-hydrogen) atoms. The molecule has 152 valence electrons. The molecular formula is C24H23N3O3. The van der Waals surface area contributed by atoms with E-state index in [0.717, 1.165) is 18.5 Å². The number of aromatic nitrogens is 1. The predicted molar refractivity (Wildman–Crippen MR) is 116 cm³/mol. The third kappa shape index (κ3) is 4.03. The van der Waals surface area contributed by atoms with E-state index in [4.69, 9.17) is 0 Å². The average molecular weight is 401 g/mol. The first kappa shape index (κ1) is 19.6. The van der Waals surface area contributed by atoms with E-state index in [1.54, 1.807) is 12.1 Å². The molecule has 2 heterocycles. The fourth-order valence-electron chi connectivity index (χ4n) is 3.91. The van der Waals surface area contributed by atoms with Gasteiger partial charge in [0, 0.05) is 24.6 Å². The number of nitrogens with zero attached hydrogens (tertiary/aromatic N) is 2. The summed E-state index contributed by atoms with van der Waals surface area (Å²) in [5, 5.41) is 12.5. The summed E-state index contributed by atoms with van der Waals surface area (Å²) >= 11 is 0. The summed E-state index contributed by atoms with van der Waals surface area (Å²) in [6.45, 7) is 3.31. The molecule has 1 aliphatic rings. The number of aromatic carboxylic acids is 1. The van der Waals surface area contributed by atoms with Crippen molar-refractivity contribution in [3.05, 3.63) is 89.1 Å². The van der Waals surface area contributed by atoms with Crippen LogP contribution in [0, 0.1) is 6.92 Å². The molecule has 0 unspecified atom stereocenters. The molecule has 1 amide bonds. The summed E-state index contributed by atoms with van der Waals surface area (Å²) in [4.78, 5) is 30.9. The number of anilines is 2. The van der Waals surface area contributed by atoms with E-state index >= 15 is 0 Å². The lowest BCUT2D eigenvalue weighted by molar-refractivity contribution is 0.0697. The van der Waals surface area contributed by atoms with Crippen LogP contribution in [0.4, 0.5) is 11.5 Å². The number of pyridine rings is 1. The van der Waals surface area contributed by atoms with Crippen LogP contribution in [0.5, 0.6) is 0 Å². The van der Waals surface area contributed by atoms with Gasteiger partial charge in [0.1, 0.15) is 11.4 Å². The van der Waals surface area contributed by atoms with Crippen molar-refractivity contribution in [3.63, 3.8) is 0 Å². The van der Waals surface area contributed by atoms with Crippen LogP contribution in [0.2, 0.25) is 0 Å². The van der Waals surface area contributed by atoms with Crippen LogP contribution in [0.25, 0.3) is 0 Å². The van der Waals surface area contributed by atoms with E-state index in [0.29, 0.717) is 29.5 Å². The lowest BCUT2D eigenvalue weighted by Gasteiger charge is -2.20. The Hall–Kier alpha value is -3.67. The van der Waals surface area contributed by atoms with Crippen LogP contribution in [-0.2, 0) is 0 Å². The summed E-state index contributed by atoms with van der Waals surface area (Å²) in [5.74, 6) is -0.568. The van der Waals surface area contributed by atoms with E-state index in [-0.39, 0.29) is 11.5 Å². The third-order valence-electron chi connectivity index (χ3n) is 5.50. The number of carboxylic acid groups (broad SMARTS) is 1. The number of carbonyl (C=O) groups excluding carboxylic acids is 1. The molecule has 6 heteroatoms. The van der Waals surface area contributed by atoms with Gasteiger partial charge in [-0.2, -0.15) is 0 Å². The van der Waals surface area contributed by atoms with Gasteiger partial charge in [-0.25, -0.2) is 9.78 Å². The molecular weight excluding hydrogens is 378 g/mol. The Kier molecular flexibility index (Phi) is 5.48. The molecule has 4 rings (SSSR count). The Morgan fingerprint density at radius 3 is 2.53 bits per heavy atom. The minimum absolute atomic E-state index is 0.0892. The van der Waals surface area contributed by atoms with Gasteiger partial charge in [-0.3, -0.25) is 4.79 Å². The number of rotatable bonds is 5. The smallest absolute Gasteiger partial charge is 0.339 e. The van der Waals surface area contributed by atoms with E-state index in [1.165, 1.54) is 17.8 Å². The normalized spacial score (nSPS) is 15.8. The van der Waals surface area contributed by atoms with E-state index < -0.39 is 5.97 Å². The molecule has 1 atom stereocenters. The fourth-order valence-corrected chi connectivity index (χ4v) is 3.91. The first-order valence-corrected chi connectivity index (χ1v) is 9.93. The largest absolute Gasteiger partial charge is 0.478 e. The quantitative estimate of drug-likeness (QED) is 0.665. The summed E-state index contributed by atoms with van der Waals surface area (Å²) < 4.78 is 0. The fraction of sp³-hybridized carbons (Fsp3) is 0.208. The molecule has 2 N–H and O–H groups in total. The number of hydrogen-bond donors (Lipinski definition) is 2. The highest BCUT2D eigenvalue weighted by Crippen LogP contribution is 2.32. The maximum absolute atomic E-state index is 12.6. The first-order valence-electron chi connectivity index (χ1n) is 9.93. The molecule has 1 aromatic heterocycles. The van der Waals surface area contributed by atoms with Crippen molar-refractivity contribution in [1.82, 2.24) is 4.98 Å². The first-order chi connectivity index (χ1) is 14.5. The van der Waals surface area contributed by atoms with E-state index in [2.05, 4.69) is 22.4 Å². The molecule has 2 aromatic carbocycles. The van der Waals surface area contributed by atoms with Crippen molar-refractivity contribution in [3.8, 4) is 0 Å². The van der Waals surface area contributed by atoms with Crippen molar-refractivity contribution in [2.24, 2.45) is 0 Å². The number of nitrogens with one attached hydrogen (secondary N) is 1. The molecule has 6 nitrogen and oxygen atoms in total. The van der Waals surface area contributed by atoms with Crippen molar-refractivity contribution < 1.29 is 14.7 Å². The van der Waals surface area contributed by atoms with Gasteiger partial charge in [0.2, 0.25) is 0 Å². The van der Waals surface area contributed by atoms with Crippen LogP contribution in [0.1, 0.15) is 44.2 Å². The number of benzene rings is 2. The molecule has 1 saturated heterocycles. The highest BCUT2D eigenvalue weighted by Gasteiger charge is 2.28. The highest BCUT2D eigenvalue weighted by atomic mass is 16.4. The van der Waals surface area contributed by atoms with Gasteiger partial charge in [-0.05, 0) is 36.6 Å². The molecule has 3 aromatic rings. The Balaban J connectivity index is 1.55. The van der Waals surface area contributed by atoms with Crippen molar-refractivity contribution in [1.29, 1.82) is 0 Å². The van der Waals surface area contributed by atoms with E-state index in [1.807, 2.05) is 42.2 Å². The molecule has 0 saturated carbocycles. The van der Waals surface area contributed by atoms with Crippen molar-refractivity contribution >= 4 is 23.4 Å². The Morgan fingerprint density at radius 1 is 1.07 bits per heavy atom. The molecule has 0 spiro atoms. The summed E-state index contributed by atoms with van der Waals surface area (Å²) in [6.07, 6.45) is 2.46. The van der Waals surface area contributed by atoms with Crippen molar-refractivity contribution in [2.75, 3.05) is 23.3 Å². The number of carboxylic acids is 1. The highest BCUT2D eigenvalue weighted by molar-refractivity contribution is 6.06. The van der Waals surface area contributed by atoms with Gasteiger partial charge in [-0.1, -0.05) is 48.5 Å². The Labute approximate surface area is 175 Å². The number of amides is 1. The third-order valence-corrected chi connectivity index (χ3v) is 5.50. The van der Waals surface area contributed by atoms with Gasteiger partial charge in [0.05, 0.1) is 11.9 Å². The molecule has 1 fully saturated rings. The molecule has 0 bridgehead atoms. The SMILES string of the molecule is Cc1ccccc1C(=O)Nc1cnc(N2CC[C@@H](c3ccccc3)C2)c(C(=O)O)c1. The second-order valence-corrected chi connectivity index (χ2v) is 7.51. The van der Waals surface area contributed by atoms with Crippen LogP contribution < -0.4 is 10.2 Å². The standard InChI is InChI=1S/C24H23N3O3/c1-16-7-5-6-10-20(16)23(28)26-19-13-21(24(29)30)22(25-14-19)27-12-11-18(15-27)17-8-3-2-4-9-17/h2-10,13-14,18H,11-12,15H2,1H3,(H,26,28)(H,29,30)/t18-/m1/s1. The van der Waals surface area contributed by atoms with Gasteiger partial charge in [-0.15, -0.1) is 0 Å². The molecule has 1 aliphatic heterocycles. The van der Waals surface area contributed by atoms with Crippen LogP contribution in [0.15, 0.2) is 66.9 Å². The van der Waals surface area contributed by atoms with Gasteiger partial charge in [0.25, 0.3) is 5.91 Å². The number of hydrogen-bond acceptors (Lipinski definition) is 4. The van der Waals surface area contributed by atoms with Gasteiger partial charge < -0.3 is 15.3 Å². The lowest BCUT2D eigenvalue weighted by atomic mass is 9.99. The minimum atomic E-state index is -1.06. The zero-order valence-corrected chi connectivity index (χ0v) is 16.7. The van der Waals surface area contributed by atoms with Gasteiger partial charge in [0.15, 0.2) is 0 Å². The maximum Gasteiger partial charge on any atom is 0.339 e. The Bertz CT molecular complexity index is 1080. The van der Waals surface area contributed by atoms with Gasteiger partial charge >= 0.3 is 5.97 Å². The number of aryl methyl sites for hydroxylation is 1. The van der Waals surface area contributed by atoms with E-state index in [9.17, 15) is 14.7 Å². The molecule has 0 aliphatic carbocycles. The summed E-state index contributed by atoms with van der Waals surface area (Å²) in [5.41, 5.74) is 3.10. The zero-order chi connectivity index (χ0) is 21.1. The zero-order valence-electron chi connectivity index (χ0n) is 16.7. The summed E-state index contributed by atoms with van der Waals surface area (Å²) in [6, 6.07) is 19.0. The monoisotopic (exact) mass is 401 g/mol. The Morgan fingerprint density at radius 2 is 1.80 bits per heavy atom. The average Bonchev–Trinajstić information content (AvgIpc) is 3.24.